The Kier molecular flexibility index (Phi) is 3.33. The Morgan fingerprint density at radius 3 is 2.41 bits per heavy atom. The molecule has 2 nitrogen and oxygen atoms in total. The lowest BCUT2D eigenvalue weighted by molar-refractivity contribution is -0.193. The van der Waals surface area contributed by atoms with Crippen LogP contribution in [0.25, 0.3) is 0 Å². The van der Waals surface area contributed by atoms with E-state index in [1.54, 1.807) is 0 Å². The summed E-state index contributed by atoms with van der Waals surface area (Å²) in [7, 11) is 0. The number of fused-ring (bicyclic) bond motifs is 2. The normalized spacial score (nSPS) is 42.7. The lowest BCUT2D eigenvalue weighted by atomic mass is 9.70. The van der Waals surface area contributed by atoms with Crippen LogP contribution in [0.2, 0.25) is 0 Å². The van der Waals surface area contributed by atoms with E-state index in [2.05, 4.69) is 34.6 Å². The molecule has 2 heteroatoms. The van der Waals surface area contributed by atoms with Gasteiger partial charge in [0.2, 0.25) is 0 Å². The Labute approximate surface area is 106 Å². The van der Waals surface area contributed by atoms with Gasteiger partial charge in [0.15, 0.2) is 6.29 Å². The van der Waals surface area contributed by atoms with E-state index in [0.717, 1.165) is 18.8 Å². The summed E-state index contributed by atoms with van der Waals surface area (Å²) in [4.78, 5) is 0. The van der Waals surface area contributed by atoms with Gasteiger partial charge in [0.1, 0.15) is 0 Å². The van der Waals surface area contributed by atoms with Crippen LogP contribution in [0.1, 0.15) is 60.3 Å². The number of ether oxygens (including phenoxy) is 1. The fraction of sp³-hybridized carbons (Fsp3) is 1.00. The molecule has 0 saturated heterocycles. The van der Waals surface area contributed by atoms with Gasteiger partial charge in [-0.3, -0.25) is 0 Å². The van der Waals surface area contributed by atoms with E-state index >= 15 is 0 Å². The second-order valence-corrected chi connectivity index (χ2v) is 7.01. The summed E-state index contributed by atoms with van der Waals surface area (Å²) in [5.74, 6) is 1.02. The van der Waals surface area contributed by atoms with Gasteiger partial charge >= 0.3 is 0 Å². The summed E-state index contributed by atoms with van der Waals surface area (Å²) >= 11 is 0. The van der Waals surface area contributed by atoms with E-state index in [-0.39, 0.29) is 17.4 Å². The van der Waals surface area contributed by atoms with Crippen LogP contribution in [0.4, 0.5) is 0 Å². The van der Waals surface area contributed by atoms with E-state index in [9.17, 15) is 5.11 Å². The average Bonchev–Trinajstić information content (AvgIpc) is 2.60. The van der Waals surface area contributed by atoms with E-state index < -0.39 is 6.29 Å². The highest BCUT2D eigenvalue weighted by molar-refractivity contribution is 5.11. The summed E-state index contributed by atoms with van der Waals surface area (Å²) in [5.41, 5.74) is 0.624. The largest absolute Gasteiger partial charge is 0.368 e. The molecule has 0 radical (unpaired) electrons. The lowest BCUT2D eigenvalue weighted by Crippen LogP contribution is -2.40. The van der Waals surface area contributed by atoms with Crippen LogP contribution in [-0.4, -0.2) is 17.5 Å². The molecule has 2 aliphatic carbocycles. The zero-order chi connectivity index (χ0) is 12.8. The van der Waals surface area contributed by atoms with Crippen LogP contribution in [0.3, 0.4) is 0 Å². The van der Waals surface area contributed by atoms with Crippen LogP contribution in [-0.2, 0) is 4.74 Å². The molecule has 17 heavy (non-hydrogen) atoms. The molecular formula is C15H28O2. The molecule has 5 atom stereocenters. The topological polar surface area (TPSA) is 29.5 Å². The Bertz CT molecular complexity index is 287. The van der Waals surface area contributed by atoms with Crippen molar-refractivity contribution >= 4 is 0 Å². The molecule has 0 amide bonds. The van der Waals surface area contributed by atoms with Gasteiger partial charge in [0.05, 0.1) is 6.10 Å². The maximum absolute atomic E-state index is 10.1. The molecule has 2 rings (SSSR count). The van der Waals surface area contributed by atoms with Gasteiger partial charge in [-0.1, -0.05) is 34.6 Å². The lowest BCUT2D eigenvalue weighted by Gasteiger charge is -2.40. The highest BCUT2D eigenvalue weighted by atomic mass is 16.6. The average molecular weight is 240 g/mol. The molecule has 0 spiro atoms. The number of aliphatic hydroxyl groups excluding tert-OH is 1. The fourth-order valence-electron chi connectivity index (χ4n) is 3.84. The fourth-order valence-corrected chi connectivity index (χ4v) is 3.84. The number of hydrogen-bond donors (Lipinski definition) is 1. The molecule has 5 unspecified atom stereocenters. The van der Waals surface area contributed by atoms with Crippen molar-refractivity contribution in [2.75, 3.05) is 0 Å². The van der Waals surface area contributed by atoms with Crippen LogP contribution < -0.4 is 0 Å². The van der Waals surface area contributed by atoms with Gasteiger partial charge in [-0.05, 0) is 42.4 Å². The third-order valence-corrected chi connectivity index (χ3v) is 6.15. The molecule has 0 aromatic heterocycles. The summed E-state index contributed by atoms with van der Waals surface area (Å²) < 4.78 is 5.99. The first-order chi connectivity index (χ1) is 7.83. The predicted molar refractivity (Wildman–Crippen MR) is 69.6 cm³/mol. The molecule has 0 aliphatic heterocycles. The highest BCUT2D eigenvalue weighted by Crippen LogP contribution is 2.66. The first kappa shape index (κ1) is 13.4. The van der Waals surface area contributed by atoms with Crippen LogP contribution in [0.15, 0.2) is 0 Å². The SMILES string of the molecule is CCC(C)C(O)OC1CC2CCC1(C)C2(C)C. The van der Waals surface area contributed by atoms with E-state index in [0.29, 0.717) is 5.41 Å². The second-order valence-electron chi connectivity index (χ2n) is 7.01. The van der Waals surface area contributed by atoms with Gasteiger partial charge in [0, 0.05) is 5.92 Å². The van der Waals surface area contributed by atoms with Crippen molar-refractivity contribution in [2.45, 2.75) is 72.7 Å². The molecule has 100 valence electrons. The summed E-state index contributed by atoms with van der Waals surface area (Å²) in [6.45, 7) is 11.3. The van der Waals surface area contributed by atoms with Crippen LogP contribution in [0.5, 0.6) is 0 Å². The van der Waals surface area contributed by atoms with E-state index in [4.69, 9.17) is 4.74 Å². The standard InChI is InChI=1S/C15H28O2/c1-6-10(2)13(16)17-12-9-11-7-8-15(12,5)14(11,3)4/h10-13,16H,6-9H2,1-5H3. The van der Waals surface area contributed by atoms with E-state index in [1.807, 2.05) is 0 Å². The minimum absolute atomic E-state index is 0.237. The minimum atomic E-state index is -0.586. The summed E-state index contributed by atoms with van der Waals surface area (Å²) in [5, 5.41) is 10.1. The Balaban J connectivity index is 2.06. The third kappa shape index (κ3) is 1.84. The molecule has 2 fully saturated rings. The monoisotopic (exact) mass is 240 g/mol. The smallest absolute Gasteiger partial charge is 0.157 e. The number of aliphatic hydroxyl groups is 1. The molecular weight excluding hydrogens is 212 g/mol. The zero-order valence-corrected chi connectivity index (χ0v) is 12.0. The van der Waals surface area contributed by atoms with Crippen molar-refractivity contribution < 1.29 is 9.84 Å². The Morgan fingerprint density at radius 2 is 2.00 bits per heavy atom. The number of rotatable bonds is 4. The first-order valence-corrected chi connectivity index (χ1v) is 7.16. The van der Waals surface area contributed by atoms with Gasteiger partial charge in [0.25, 0.3) is 0 Å². The molecule has 0 aromatic carbocycles. The quantitative estimate of drug-likeness (QED) is 0.761. The maximum atomic E-state index is 10.1. The van der Waals surface area contributed by atoms with Gasteiger partial charge < -0.3 is 9.84 Å². The molecule has 2 bridgehead atoms. The van der Waals surface area contributed by atoms with Gasteiger partial charge in [-0.15, -0.1) is 0 Å². The van der Waals surface area contributed by atoms with Crippen molar-refractivity contribution in [2.24, 2.45) is 22.7 Å². The van der Waals surface area contributed by atoms with Crippen molar-refractivity contribution in [3.05, 3.63) is 0 Å². The van der Waals surface area contributed by atoms with Crippen molar-refractivity contribution in [3.8, 4) is 0 Å². The first-order valence-electron chi connectivity index (χ1n) is 7.16. The third-order valence-electron chi connectivity index (χ3n) is 6.15. The molecule has 2 aliphatic rings. The second kappa shape index (κ2) is 4.24. The maximum Gasteiger partial charge on any atom is 0.157 e. The Morgan fingerprint density at radius 1 is 1.35 bits per heavy atom. The highest BCUT2D eigenvalue weighted by Gasteiger charge is 2.62. The zero-order valence-electron chi connectivity index (χ0n) is 12.0. The Hall–Kier alpha value is -0.0800. The van der Waals surface area contributed by atoms with Crippen molar-refractivity contribution in [1.82, 2.24) is 0 Å². The predicted octanol–water partition coefficient (Wildman–Crippen LogP) is 3.58. The summed E-state index contributed by atoms with van der Waals surface area (Å²) in [6.07, 6.45) is 4.36. The summed E-state index contributed by atoms with van der Waals surface area (Å²) in [6, 6.07) is 0. The molecule has 0 heterocycles. The van der Waals surface area contributed by atoms with Crippen molar-refractivity contribution in [1.29, 1.82) is 0 Å². The molecule has 2 saturated carbocycles. The van der Waals surface area contributed by atoms with E-state index in [1.165, 1.54) is 12.8 Å². The van der Waals surface area contributed by atoms with Crippen LogP contribution in [0, 0.1) is 22.7 Å². The molecule has 1 N–H and O–H groups in total. The van der Waals surface area contributed by atoms with Gasteiger partial charge in [-0.25, -0.2) is 0 Å². The van der Waals surface area contributed by atoms with Crippen LogP contribution >= 0.6 is 0 Å². The minimum Gasteiger partial charge on any atom is -0.368 e. The number of hydrogen-bond acceptors (Lipinski definition) is 2. The molecule has 0 aromatic rings. The van der Waals surface area contributed by atoms with Crippen molar-refractivity contribution in [3.63, 3.8) is 0 Å². The van der Waals surface area contributed by atoms with Gasteiger partial charge in [-0.2, -0.15) is 0 Å².